The summed E-state index contributed by atoms with van der Waals surface area (Å²) in [5, 5.41) is 3.60. The van der Waals surface area contributed by atoms with Crippen LogP contribution in [0.3, 0.4) is 0 Å². The van der Waals surface area contributed by atoms with Crippen molar-refractivity contribution in [1.82, 2.24) is 4.98 Å². The number of pyridine rings is 1. The quantitative estimate of drug-likeness (QED) is 0.200. The second kappa shape index (κ2) is 9.21. The summed E-state index contributed by atoms with van der Waals surface area (Å²) in [4.78, 5) is 31.9. The van der Waals surface area contributed by atoms with Crippen LogP contribution in [0.1, 0.15) is 50.5 Å². The highest BCUT2D eigenvalue weighted by Gasteiger charge is 2.26. The molecule has 6 heteroatoms. The lowest BCUT2D eigenvalue weighted by atomic mass is 9.86. The maximum atomic E-state index is 13.6. The highest BCUT2D eigenvalue weighted by atomic mass is 32.1. The number of carbonyl (C=O) groups excluding carboxylic acids is 1. The van der Waals surface area contributed by atoms with Gasteiger partial charge in [-0.1, -0.05) is 36.4 Å². The minimum absolute atomic E-state index is 0.0205. The van der Waals surface area contributed by atoms with Gasteiger partial charge < -0.3 is 9.15 Å². The molecule has 6 rings (SSSR count). The number of nitrogens with zero attached hydrogens (tertiary/aromatic N) is 1. The van der Waals surface area contributed by atoms with Crippen LogP contribution in [0.5, 0.6) is 0 Å². The second-order valence-corrected chi connectivity index (χ2v) is 10.0. The van der Waals surface area contributed by atoms with E-state index in [1.807, 2.05) is 55.5 Å². The number of para-hydroxylation sites is 1. The van der Waals surface area contributed by atoms with E-state index >= 15 is 0 Å². The van der Waals surface area contributed by atoms with Gasteiger partial charge in [-0.25, -0.2) is 14.6 Å². The predicted molar refractivity (Wildman–Crippen MR) is 143 cm³/mol. The van der Waals surface area contributed by atoms with Crippen molar-refractivity contribution >= 4 is 50.8 Å². The van der Waals surface area contributed by atoms with Gasteiger partial charge in [0.05, 0.1) is 16.8 Å². The van der Waals surface area contributed by atoms with Crippen molar-refractivity contribution in [3.8, 4) is 0 Å². The minimum atomic E-state index is -0.464. The van der Waals surface area contributed by atoms with Crippen molar-refractivity contribution in [2.24, 2.45) is 0 Å². The van der Waals surface area contributed by atoms with Crippen LogP contribution in [0, 0.1) is 6.92 Å². The van der Waals surface area contributed by atoms with Gasteiger partial charge in [-0.2, -0.15) is 0 Å². The SMILES string of the molecule is Cc1ccc2c(COC(=O)c3c4c(nc5ccccc35)C(=Cc3cccs3)CCC4)cc(=O)oc2c1. The molecule has 36 heavy (non-hydrogen) atoms. The third-order valence-corrected chi connectivity index (χ3v) is 7.40. The Morgan fingerprint density at radius 1 is 1.08 bits per heavy atom. The number of ether oxygens (including phenoxy) is 1. The molecule has 2 aromatic carbocycles. The van der Waals surface area contributed by atoms with Gasteiger partial charge in [0.15, 0.2) is 0 Å². The Morgan fingerprint density at radius 3 is 2.83 bits per heavy atom. The Kier molecular flexibility index (Phi) is 5.74. The van der Waals surface area contributed by atoms with E-state index < -0.39 is 11.6 Å². The second-order valence-electron chi connectivity index (χ2n) is 9.04. The zero-order valence-corrected chi connectivity index (χ0v) is 20.6. The van der Waals surface area contributed by atoms with Crippen molar-refractivity contribution in [1.29, 1.82) is 0 Å². The fraction of sp³-hybridized carbons (Fsp3) is 0.167. The summed E-state index contributed by atoms with van der Waals surface area (Å²) in [6.07, 6.45) is 4.79. The molecular weight excluding hydrogens is 470 g/mol. The summed E-state index contributed by atoms with van der Waals surface area (Å²) in [6, 6.07) is 18.9. The number of hydrogen-bond donors (Lipinski definition) is 0. The number of thiophene rings is 1. The van der Waals surface area contributed by atoms with Crippen molar-refractivity contribution in [2.45, 2.75) is 32.8 Å². The maximum absolute atomic E-state index is 13.6. The smallest absolute Gasteiger partial charge is 0.339 e. The summed E-state index contributed by atoms with van der Waals surface area (Å²) in [5.74, 6) is -0.407. The first-order chi connectivity index (χ1) is 17.6. The average Bonchev–Trinajstić information content (AvgIpc) is 3.39. The van der Waals surface area contributed by atoms with Gasteiger partial charge in [-0.05, 0) is 72.5 Å². The molecular formula is C30H23NO4S. The molecule has 0 bridgehead atoms. The summed E-state index contributed by atoms with van der Waals surface area (Å²) in [6.45, 7) is 1.91. The molecule has 0 unspecified atom stereocenters. The van der Waals surface area contributed by atoms with E-state index in [-0.39, 0.29) is 6.61 Å². The molecule has 1 aliphatic rings. The van der Waals surface area contributed by atoms with Crippen molar-refractivity contribution in [2.75, 3.05) is 0 Å². The summed E-state index contributed by atoms with van der Waals surface area (Å²) in [7, 11) is 0. The van der Waals surface area contributed by atoms with E-state index in [4.69, 9.17) is 14.1 Å². The lowest BCUT2D eigenvalue weighted by Crippen LogP contribution is -2.15. The molecule has 0 amide bonds. The zero-order valence-electron chi connectivity index (χ0n) is 19.7. The molecule has 3 aromatic heterocycles. The minimum Gasteiger partial charge on any atom is -0.457 e. The standard InChI is InChI=1S/C30H23NO4S/c1-18-11-12-22-20(16-27(32)35-26(22)14-18)17-34-30(33)28-23-8-2-3-10-25(23)31-29-19(6-4-9-24(28)29)15-21-7-5-13-36-21/h2-3,5,7-8,10-16H,4,6,9,17H2,1H3. The van der Waals surface area contributed by atoms with Crippen molar-refractivity contribution in [3.63, 3.8) is 0 Å². The lowest BCUT2D eigenvalue weighted by molar-refractivity contribution is 0.0474. The number of allylic oxidation sites excluding steroid dienone is 1. The molecule has 5 nitrogen and oxygen atoms in total. The number of hydrogen-bond acceptors (Lipinski definition) is 6. The fourth-order valence-corrected chi connectivity index (χ4v) is 5.61. The molecule has 0 saturated carbocycles. The van der Waals surface area contributed by atoms with Crippen LogP contribution >= 0.6 is 11.3 Å². The van der Waals surface area contributed by atoms with E-state index in [2.05, 4.69) is 17.5 Å². The van der Waals surface area contributed by atoms with Crippen LogP contribution in [-0.2, 0) is 17.8 Å². The number of aryl methyl sites for hydroxylation is 1. The molecule has 0 atom stereocenters. The largest absolute Gasteiger partial charge is 0.457 e. The zero-order chi connectivity index (χ0) is 24.6. The number of fused-ring (bicyclic) bond motifs is 3. The van der Waals surface area contributed by atoms with Gasteiger partial charge in [-0.3, -0.25) is 0 Å². The lowest BCUT2D eigenvalue weighted by Gasteiger charge is -2.22. The van der Waals surface area contributed by atoms with Gasteiger partial charge >= 0.3 is 11.6 Å². The Hall–Kier alpha value is -4.03. The number of esters is 1. The monoisotopic (exact) mass is 493 g/mol. The van der Waals surface area contributed by atoms with Crippen LogP contribution in [0.4, 0.5) is 0 Å². The number of carbonyl (C=O) groups is 1. The molecule has 0 radical (unpaired) electrons. The van der Waals surface area contributed by atoms with Gasteiger partial charge in [0.1, 0.15) is 12.2 Å². The van der Waals surface area contributed by atoms with Crippen LogP contribution in [-0.4, -0.2) is 11.0 Å². The van der Waals surface area contributed by atoms with Crippen LogP contribution in [0.15, 0.2) is 75.3 Å². The molecule has 0 aliphatic heterocycles. The third kappa shape index (κ3) is 4.14. The van der Waals surface area contributed by atoms with E-state index in [1.54, 1.807) is 11.3 Å². The Morgan fingerprint density at radius 2 is 1.97 bits per heavy atom. The van der Waals surface area contributed by atoms with Gasteiger partial charge in [0.2, 0.25) is 0 Å². The third-order valence-electron chi connectivity index (χ3n) is 6.58. The topological polar surface area (TPSA) is 69.4 Å². The van der Waals surface area contributed by atoms with Crippen molar-refractivity contribution in [3.05, 3.63) is 109 Å². The van der Waals surface area contributed by atoms with Gasteiger partial charge in [-0.15, -0.1) is 11.3 Å². The summed E-state index contributed by atoms with van der Waals surface area (Å²) in [5.41, 5.74) is 5.92. The average molecular weight is 494 g/mol. The molecule has 0 N–H and O–H groups in total. The first kappa shape index (κ1) is 22.4. The number of rotatable bonds is 4. The van der Waals surface area contributed by atoms with Crippen LogP contribution < -0.4 is 5.63 Å². The van der Waals surface area contributed by atoms with Crippen LogP contribution in [0.25, 0.3) is 33.5 Å². The fourth-order valence-electron chi connectivity index (χ4n) is 4.93. The first-order valence-corrected chi connectivity index (χ1v) is 12.8. The van der Waals surface area contributed by atoms with Crippen molar-refractivity contribution < 1.29 is 13.9 Å². The van der Waals surface area contributed by atoms with E-state index in [9.17, 15) is 9.59 Å². The highest BCUT2D eigenvalue weighted by molar-refractivity contribution is 7.10. The molecule has 0 fully saturated rings. The number of benzene rings is 2. The van der Waals surface area contributed by atoms with Crippen LogP contribution in [0.2, 0.25) is 0 Å². The Labute approximate surface area is 211 Å². The predicted octanol–water partition coefficient (Wildman–Crippen LogP) is 6.95. The summed E-state index contributed by atoms with van der Waals surface area (Å²) < 4.78 is 11.2. The van der Waals surface area contributed by atoms with E-state index in [0.717, 1.165) is 57.9 Å². The van der Waals surface area contributed by atoms with E-state index in [0.29, 0.717) is 16.7 Å². The normalized spacial score (nSPS) is 14.3. The molecule has 0 spiro atoms. The van der Waals surface area contributed by atoms with Gasteiger partial charge in [0, 0.05) is 27.3 Å². The van der Waals surface area contributed by atoms with Gasteiger partial charge in [0.25, 0.3) is 0 Å². The maximum Gasteiger partial charge on any atom is 0.339 e. The number of aromatic nitrogens is 1. The van der Waals surface area contributed by atoms with E-state index in [1.165, 1.54) is 10.9 Å². The summed E-state index contributed by atoms with van der Waals surface area (Å²) >= 11 is 1.68. The molecule has 0 saturated heterocycles. The molecule has 5 aromatic rings. The first-order valence-electron chi connectivity index (χ1n) is 11.9. The Balaban J connectivity index is 1.42. The molecule has 1 aliphatic carbocycles. The molecule has 178 valence electrons. The Bertz CT molecular complexity index is 1710. The highest BCUT2D eigenvalue weighted by Crippen LogP contribution is 2.37. The molecule has 3 heterocycles.